The van der Waals surface area contributed by atoms with Crippen molar-refractivity contribution in [2.75, 3.05) is 0 Å². The van der Waals surface area contributed by atoms with Gasteiger partial charge in [-0.25, -0.2) is 0 Å². The van der Waals surface area contributed by atoms with Crippen molar-refractivity contribution in [1.82, 2.24) is 14.4 Å². The Morgan fingerprint density at radius 2 is 1.48 bits per heavy atom. The van der Waals surface area contributed by atoms with Gasteiger partial charge in [0.05, 0.1) is 0 Å². The zero-order valence-corrected chi connectivity index (χ0v) is 18.3. The molecular weight excluding hydrogens is 389 g/mol. The van der Waals surface area contributed by atoms with Crippen LogP contribution in [0, 0.1) is 6.92 Å². The van der Waals surface area contributed by atoms with E-state index in [2.05, 4.69) is 49.5 Å². The summed E-state index contributed by atoms with van der Waals surface area (Å²) in [6.07, 6.45) is 14.6. The first-order valence-corrected chi connectivity index (χ1v) is 16.9. The topological polar surface area (TPSA) is 30.2 Å². The second-order valence-corrected chi connectivity index (χ2v) is 20.1. The minimum absolute atomic E-state index is 0.993. The van der Waals surface area contributed by atoms with Crippen molar-refractivity contribution in [1.29, 1.82) is 0 Å². The molecule has 2 heterocycles. The first kappa shape index (κ1) is 18.8. The van der Waals surface area contributed by atoms with Gasteiger partial charge in [-0.3, -0.25) is 0 Å². The fourth-order valence-electron chi connectivity index (χ4n) is 3.60. The van der Waals surface area contributed by atoms with Crippen molar-refractivity contribution < 1.29 is 0 Å². The summed E-state index contributed by atoms with van der Waals surface area (Å²) in [6, 6.07) is 0. The zero-order chi connectivity index (χ0) is 16.7. The predicted octanol–water partition coefficient (Wildman–Crippen LogP) is 5.09. The number of unbranched alkanes of at least 4 members (excludes halogenated alkanes) is 3. The third-order valence-corrected chi connectivity index (χ3v) is 20.1. The first-order valence-electron chi connectivity index (χ1n) is 9.47. The van der Waals surface area contributed by atoms with Crippen molar-refractivity contribution in [3.8, 4) is 0 Å². The third kappa shape index (κ3) is 4.71. The Morgan fingerprint density at radius 3 is 2.00 bits per heavy atom. The van der Waals surface area contributed by atoms with Gasteiger partial charge in [0, 0.05) is 0 Å². The van der Waals surface area contributed by atoms with Crippen molar-refractivity contribution in [2.45, 2.75) is 79.5 Å². The van der Waals surface area contributed by atoms with E-state index in [1.54, 1.807) is 0 Å². The van der Waals surface area contributed by atoms with E-state index in [1.165, 1.54) is 55.5 Å². The molecule has 0 bridgehead atoms. The molecule has 2 aromatic rings. The van der Waals surface area contributed by atoms with E-state index in [-0.39, 0.29) is 0 Å². The van der Waals surface area contributed by atoms with Crippen LogP contribution in [0.15, 0.2) is 18.6 Å². The molecule has 0 amide bonds. The molecule has 0 aliphatic heterocycles. The number of rotatable bonds is 10. The van der Waals surface area contributed by atoms with E-state index in [0.29, 0.717) is 0 Å². The number of aromatic nitrogens is 3. The molecule has 128 valence electrons. The predicted molar refractivity (Wildman–Crippen MR) is 102 cm³/mol. The molecule has 0 N–H and O–H groups in total. The summed E-state index contributed by atoms with van der Waals surface area (Å²) < 4.78 is 8.11. The molecule has 3 nitrogen and oxygen atoms in total. The summed E-state index contributed by atoms with van der Waals surface area (Å²) in [5.41, 5.74) is 2.08. The van der Waals surface area contributed by atoms with Crippen LogP contribution < -0.4 is 3.71 Å². The molecule has 0 unspecified atom stereocenters. The molecule has 2 aromatic heterocycles. The summed E-state index contributed by atoms with van der Waals surface area (Å²) in [7, 11) is 0. The molecule has 0 saturated carbocycles. The van der Waals surface area contributed by atoms with Crippen LogP contribution in [0.4, 0.5) is 0 Å². The van der Waals surface area contributed by atoms with Gasteiger partial charge in [0.1, 0.15) is 0 Å². The number of imidazole rings is 1. The van der Waals surface area contributed by atoms with Gasteiger partial charge in [-0.1, -0.05) is 0 Å². The van der Waals surface area contributed by atoms with Crippen LogP contribution in [0.25, 0.3) is 5.65 Å². The van der Waals surface area contributed by atoms with Gasteiger partial charge in [0.25, 0.3) is 0 Å². The van der Waals surface area contributed by atoms with Crippen LogP contribution in [0.1, 0.15) is 65.0 Å². The van der Waals surface area contributed by atoms with Crippen molar-refractivity contribution in [2.24, 2.45) is 0 Å². The minimum atomic E-state index is -2.40. The molecule has 0 aliphatic rings. The normalized spacial score (nSPS) is 12.2. The summed E-state index contributed by atoms with van der Waals surface area (Å²) >= 11 is -2.40. The molecule has 2 rings (SSSR count). The van der Waals surface area contributed by atoms with E-state index >= 15 is 0 Å². The number of hydrogen-bond donors (Lipinski definition) is 0. The van der Waals surface area contributed by atoms with Gasteiger partial charge in [-0.05, 0) is 0 Å². The van der Waals surface area contributed by atoms with Crippen LogP contribution in [0.3, 0.4) is 0 Å². The summed E-state index contributed by atoms with van der Waals surface area (Å²) in [5.74, 6) is 0. The van der Waals surface area contributed by atoms with Gasteiger partial charge in [0.15, 0.2) is 0 Å². The molecule has 0 radical (unpaired) electrons. The van der Waals surface area contributed by atoms with Crippen LogP contribution in [-0.2, 0) is 0 Å². The van der Waals surface area contributed by atoms with Crippen LogP contribution >= 0.6 is 0 Å². The van der Waals surface area contributed by atoms with Gasteiger partial charge >= 0.3 is 146 Å². The van der Waals surface area contributed by atoms with E-state index in [1.807, 2.05) is 6.20 Å². The second-order valence-electron chi connectivity index (χ2n) is 7.01. The second kappa shape index (κ2) is 9.05. The number of aryl methyl sites for hydroxylation is 1. The van der Waals surface area contributed by atoms with Gasteiger partial charge in [-0.2, -0.15) is 0 Å². The van der Waals surface area contributed by atoms with Crippen LogP contribution in [-0.4, -0.2) is 32.7 Å². The SMILES string of the molecule is CCC[CH2][Sn]([CH2]CCC)([CH2]CCC)[c]1cn2cc(C)nc2cn1. The number of fused-ring (bicyclic) bond motifs is 1. The Kier molecular flexibility index (Phi) is 7.38. The standard InChI is InChI=1S/C7H6N3.3C4H9.Sn/c1-6-5-10-3-2-8-4-7(10)9-6;3*1-3-4-2;/h3-5H,1H3;3*1,3-4H2,2H3;. The van der Waals surface area contributed by atoms with Crippen LogP contribution in [0.5, 0.6) is 0 Å². The van der Waals surface area contributed by atoms with Crippen molar-refractivity contribution in [3.63, 3.8) is 0 Å². The molecule has 0 aliphatic carbocycles. The van der Waals surface area contributed by atoms with E-state index in [9.17, 15) is 0 Å². The van der Waals surface area contributed by atoms with Gasteiger partial charge < -0.3 is 0 Å². The Balaban J connectivity index is 2.40. The van der Waals surface area contributed by atoms with Crippen molar-refractivity contribution in [3.05, 3.63) is 24.3 Å². The molecule has 0 spiro atoms. The van der Waals surface area contributed by atoms with E-state index in [0.717, 1.165) is 11.3 Å². The summed E-state index contributed by atoms with van der Waals surface area (Å²) in [6.45, 7) is 9.04. The molecule has 0 atom stereocenters. The van der Waals surface area contributed by atoms with Crippen LogP contribution in [0.2, 0.25) is 13.3 Å². The van der Waals surface area contributed by atoms with Crippen molar-refractivity contribution >= 4 is 27.7 Å². The quantitative estimate of drug-likeness (QED) is 0.500. The maximum atomic E-state index is 4.96. The number of nitrogens with zero attached hydrogens (tertiary/aromatic N) is 3. The molecule has 4 heteroatoms. The van der Waals surface area contributed by atoms with E-state index in [4.69, 9.17) is 4.98 Å². The Labute approximate surface area is 145 Å². The summed E-state index contributed by atoms with van der Waals surface area (Å²) in [5, 5.41) is 0. The van der Waals surface area contributed by atoms with Gasteiger partial charge in [-0.15, -0.1) is 0 Å². The molecular formula is C19H33N3Sn. The average Bonchev–Trinajstić information content (AvgIpc) is 2.93. The fourth-order valence-corrected chi connectivity index (χ4v) is 18.9. The summed E-state index contributed by atoms with van der Waals surface area (Å²) in [4.78, 5) is 9.51. The molecule has 0 fully saturated rings. The maximum absolute atomic E-state index is 4.96. The van der Waals surface area contributed by atoms with E-state index < -0.39 is 18.4 Å². The third-order valence-electron chi connectivity index (χ3n) is 5.03. The molecule has 23 heavy (non-hydrogen) atoms. The monoisotopic (exact) mass is 423 g/mol. The number of hydrogen-bond acceptors (Lipinski definition) is 2. The first-order chi connectivity index (χ1) is 11.1. The molecule has 0 aromatic carbocycles. The Morgan fingerprint density at radius 1 is 0.913 bits per heavy atom. The van der Waals surface area contributed by atoms with Gasteiger partial charge in [0.2, 0.25) is 0 Å². The average molecular weight is 422 g/mol. The fraction of sp³-hybridized carbons (Fsp3) is 0.684. The zero-order valence-electron chi connectivity index (χ0n) is 15.4. The Hall–Kier alpha value is -0.581. The Bertz CT molecular complexity index is 584. The molecule has 0 saturated heterocycles.